The maximum atomic E-state index is 11.3. The van der Waals surface area contributed by atoms with Gasteiger partial charge in [-0.2, -0.15) is 0 Å². The lowest BCUT2D eigenvalue weighted by atomic mass is 10.1. The van der Waals surface area contributed by atoms with Crippen LogP contribution in [0, 0.1) is 11.8 Å². The van der Waals surface area contributed by atoms with Crippen molar-refractivity contribution in [2.45, 2.75) is 5.92 Å². The fourth-order valence-corrected chi connectivity index (χ4v) is 2.46. The van der Waals surface area contributed by atoms with E-state index in [0.717, 1.165) is 5.75 Å². The second-order valence-corrected chi connectivity index (χ2v) is 4.12. The number of cyclic esters (lactones) is 1. The van der Waals surface area contributed by atoms with Gasteiger partial charge in [0.25, 0.3) is 0 Å². The van der Waals surface area contributed by atoms with E-state index in [1.807, 2.05) is 24.3 Å². The Labute approximate surface area is 88.0 Å². The summed E-state index contributed by atoms with van der Waals surface area (Å²) in [6, 6.07) is 7.95. The summed E-state index contributed by atoms with van der Waals surface area (Å²) in [6.07, 6.45) is 0. The van der Waals surface area contributed by atoms with Gasteiger partial charge >= 0.3 is 5.97 Å². The predicted molar refractivity (Wildman–Crippen MR) is 53.7 cm³/mol. The predicted octanol–water partition coefficient (Wildman–Crippen LogP) is 1.58. The second-order valence-electron chi connectivity index (χ2n) is 4.12. The minimum Gasteiger partial charge on any atom is -0.497 e. The summed E-state index contributed by atoms with van der Waals surface area (Å²) in [5, 5.41) is 0. The molecule has 3 rings (SSSR count). The van der Waals surface area contributed by atoms with Gasteiger partial charge in [-0.15, -0.1) is 0 Å². The quantitative estimate of drug-likeness (QED) is 0.686. The van der Waals surface area contributed by atoms with E-state index in [-0.39, 0.29) is 11.9 Å². The van der Waals surface area contributed by atoms with Crippen LogP contribution in [0.5, 0.6) is 5.75 Å². The average Bonchev–Trinajstić information content (AvgIpc) is 2.90. The Balaban J connectivity index is 1.81. The molecular formula is C12H12O3. The molecule has 3 atom stereocenters. The molecule has 2 fully saturated rings. The van der Waals surface area contributed by atoms with Gasteiger partial charge in [0.2, 0.25) is 0 Å². The third-order valence-corrected chi connectivity index (χ3v) is 3.36. The Bertz CT molecular complexity index is 396. The van der Waals surface area contributed by atoms with Crippen molar-refractivity contribution in [1.82, 2.24) is 0 Å². The Hall–Kier alpha value is -1.51. The lowest BCUT2D eigenvalue weighted by Crippen LogP contribution is -2.04. The van der Waals surface area contributed by atoms with E-state index in [4.69, 9.17) is 9.47 Å². The number of hydrogen-bond donors (Lipinski definition) is 0. The first-order valence-electron chi connectivity index (χ1n) is 5.12. The Morgan fingerprint density at radius 3 is 2.53 bits per heavy atom. The van der Waals surface area contributed by atoms with Crippen molar-refractivity contribution in [2.24, 2.45) is 11.8 Å². The zero-order valence-corrected chi connectivity index (χ0v) is 8.47. The zero-order valence-electron chi connectivity index (χ0n) is 8.47. The molecule has 0 spiro atoms. The molecule has 0 unspecified atom stereocenters. The first kappa shape index (κ1) is 8.77. The van der Waals surface area contributed by atoms with Crippen LogP contribution in [0.25, 0.3) is 0 Å². The SMILES string of the molecule is COc1ccc([C@@H]2[C@@H]3COC(=O)[C@@H]32)cc1. The first-order chi connectivity index (χ1) is 7.31. The fraction of sp³-hybridized carbons (Fsp3) is 0.417. The molecule has 1 saturated heterocycles. The zero-order chi connectivity index (χ0) is 10.4. The molecule has 0 N–H and O–H groups in total. The van der Waals surface area contributed by atoms with Crippen LogP contribution < -0.4 is 4.74 Å². The van der Waals surface area contributed by atoms with Gasteiger partial charge in [-0.1, -0.05) is 12.1 Å². The summed E-state index contributed by atoms with van der Waals surface area (Å²) < 4.78 is 10.0. The van der Waals surface area contributed by atoms with E-state index in [1.54, 1.807) is 7.11 Å². The standard InChI is InChI=1S/C12H12O3/c1-14-8-4-2-7(3-5-8)10-9-6-15-12(13)11(9)10/h2-5,9-11H,6H2,1H3/t9-,10+,11-/m0/s1. The number of carbonyl (C=O) groups is 1. The van der Waals surface area contributed by atoms with Gasteiger partial charge in [0.05, 0.1) is 19.6 Å². The summed E-state index contributed by atoms with van der Waals surface area (Å²) in [7, 11) is 1.65. The highest BCUT2D eigenvalue weighted by Gasteiger charge is 2.60. The Morgan fingerprint density at radius 1 is 1.27 bits per heavy atom. The Morgan fingerprint density at radius 2 is 2.00 bits per heavy atom. The molecule has 2 aliphatic rings. The van der Waals surface area contributed by atoms with Crippen molar-refractivity contribution in [3.8, 4) is 5.75 Å². The number of benzene rings is 1. The van der Waals surface area contributed by atoms with Gasteiger partial charge < -0.3 is 9.47 Å². The van der Waals surface area contributed by atoms with Gasteiger partial charge in [-0.3, -0.25) is 4.79 Å². The van der Waals surface area contributed by atoms with E-state index in [9.17, 15) is 4.79 Å². The van der Waals surface area contributed by atoms with Crippen molar-refractivity contribution in [2.75, 3.05) is 13.7 Å². The molecule has 1 saturated carbocycles. The summed E-state index contributed by atoms with van der Waals surface area (Å²) in [6.45, 7) is 0.597. The molecule has 3 heteroatoms. The van der Waals surface area contributed by atoms with E-state index < -0.39 is 0 Å². The minimum atomic E-state index is -0.0270. The molecule has 1 aromatic rings. The molecule has 1 aliphatic heterocycles. The first-order valence-corrected chi connectivity index (χ1v) is 5.12. The number of methoxy groups -OCH3 is 1. The van der Waals surface area contributed by atoms with Crippen molar-refractivity contribution < 1.29 is 14.3 Å². The van der Waals surface area contributed by atoms with Crippen LogP contribution in [0.2, 0.25) is 0 Å². The van der Waals surface area contributed by atoms with Crippen LogP contribution in [-0.4, -0.2) is 19.7 Å². The molecular weight excluding hydrogens is 192 g/mol. The highest BCUT2D eigenvalue weighted by molar-refractivity contribution is 5.80. The van der Waals surface area contributed by atoms with Crippen LogP contribution in [0.4, 0.5) is 0 Å². The molecule has 0 amide bonds. The second kappa shape index (κ2) is 2.99. The summed E-state index contributed by atoms with van der Waals surface area (Å²) in [5.74, 6) is 1.76. The lowest BCUT2D eigenvalue weighted by Gasteiger charge is -2.05. The highest BCUT2D eigenvalue weighted by atomic mass is 16.5. The van der Waals surface area contributed by atoms with E-state index >= 15 is 0 Å². The van der Waals surface area contributed by atoms with Crippen LogP contribution in [0.1, 0.15) is 11.5 Å². The largest absolute Gasteiger partial charge is 0.497 e. The van der Waals surface area contributed by atoms with E-state index in [1.165, 1.54) is 5.56 Å². The summed E-state index contributed by atoms with van der Waals surface area (Å²) in [4.78, 5) is 11.3. The smallest absolute Gasteiger partial charge is 0.310 e. The topological polar surface area (TPSA) is 35.5 Å². The van der Waals surface area contributed by atoms with Gasteiger partial charge in [-0.25, -0.2) is 0 Å². The molecule has 1 heterocycles. The maximum absolute atomic E-state index is 11.3. The van der Waals surface area contributed by atoms with Crippen molar-refractivity contribution in [3.63, 3.8) is 0 Å². The van der Waals surface area contributed by atoms with Gasteiger partial charge in [-0.05, 0) is 17.7 Å². The number of hydrogen-bond acceptors (Lipinski definition) is 3. The van der Waals surface area contributed by atoms with Crippen LogP contribution in [0.15, 0.2) is 24.3 Å². The fourth-order valence-electron chi connectivity index (χ4n) is 2.46. The minimum absolute atomic E-state index is 0.0270. The van der Waals surface area contributed by atoms with Crippen molar-refractivity contribution in [3.05, 3.63) is 29.8 Å². The highest BCUT2D eigenvalue weighted by Crippen LogP contribution is 2.58. The summed E-state index contributed by atoms with van der Waals surface area (Å²) >= 11 is 0. The monoisotopic (exact) mass is 204 g/mol. The van der Waals surface area contributed by atoms with Gasteiger partial charge in [0.15, 0.2) is 0 Å². The van der Waals surface area contributed by atoms with Crippen LogP contribution in [0.3, 0.4) is 0 Å². The molecule has 0 bridgehead atoms. The van der Waals surface area contributed by atoms with Crippen molar-refractivity contribution in [1.29, 1.82) is 0 Å². The molecule has 15 heavy (non-hydrogen) atoms. The Kier molecular flexibility index (Phi) is 1.75. The normalized spacial score (nSPS) is 32.1. The number of carbonyl (C=O) groups excluding carboxylic acids is 1. The molecule has 1 aromatic carbocycles. The molecule has 3 nitrogen and oxygen atoms in total. The molecule has 1 aliphatic carbocycles. The number of ether oxygens (including phenoxy) is 2. The number of fused-ring (bicyclic) bond motifs is 1. The van der Waals surface area contributed by atoms with Crippen LogP contribution in [-0.2, 0) is 9.53 Å². The van der Waals surface area contributed by atoms with Gasteiger partial charge in [0, 0.05) is 11.8 Å². The van der Waals surface area contributed by atoms with Crippen molar-refractivity contribution >= 4 is 5.97 Å². The van der Waals surface area contributed by atoms with Gasteiger partial charge in [0.1, 0.15) is 5.75 Å². The maximum Gasteiger partial charge on any atom is 0.310 e. The molecule has 78 valence electrons. The van der Waals surface area contributed by atoms with Crippen LogP contribution >= 0.6 is 0 Å². The number of esters is 1. The molecule has 0 aromatic heterocycles. The van der Waals surface area contributed by atoms with E-state index in [0.29, 0.717) is 18.4 Å². The molecule has 0 radical (unpaired) electrons. The van der Waals surface area contributed by atoms with E-state index in [2.05, 4.69) is 0 Å². The summed E-state index contributed by atoms with van der Waals surface area (Å²) in [5.41, 5.74) is 1.22. The third-order valence-electron chi connectivity index (χ3n) is 3.36. The number of rotatable bonds is 2. The average molecular weight is 204 g/mol. The third kappa shape index (κ3) is 1.23. The lowest BCUT2D eigenvalue weighted by molar-refractivity contribution is -0.141.